The first kappa shape index (κ1) is 13.6. The highest BCUT2D eigenvalue weighted by Crippen LogP contribution is 2.40. The zero-order valence-electron chi connectivity index (χ0n) is 11.5. The lowest BCUT2D eigenvalue weighted by Gasteiger charge is -2.36. The molecule has 0 aromatic heterocycles. The van der Waals surface area contributed by atoms with Crippen LogP contribution in [0.15, 0.2) is 24.5 Å². The molecule has 0 heterocycles. The van der Waals surface area contributed by atoms with Gasteiger partial charge in [-0.1, -0.05) is 26.8 Å². The fraction of sp³-hybridized carbons (Fsp3) is 0.714. The normalized spacial score (nSPS) is 21.8. The summed E-state index contributed by atoms with van der Waals surface area (Å²) < 4.78 is 6.31. The average Bonchev–Trinajstić information content (AvgIpc) is 2.50. The van der Waals surface area contributed by atoms with Crippen molar-refractivity contribution in [2.75, 3.05) is 0 Å². The Balaban J connectivity index is 2.62. The summed E-state index contributed by atoms with van der Waals surface area (Å²) in [5.41, 5.74) is 0. The molecule has 0 amide bonds. The van der Waals surface area contributed by atoms with E-state index >= 15 is 0 Å². The van der Waals surface area contributed by atoms with Crippen LogP contribution in [0.2, 0.25) is 18.1 Å². The second-order valence-electron chi connectivity index (χ2n) is 6.32. The molecule has 1 atom stereocenters. The topological polar surface area (TPSA) is 9.23 Å². The van der Waals surface area contributed by atoms with Crippen LogP contribution in [-0.4, -0.2) is 8.32 Å². The van der Waals surface area contributed by atoms with Crippen molar-refractivity contribution < 1.29 is 4.43 Å². The van der Waals surface area contributed by atoms with E-state index in [4.69, 9.17) is 4.43 Å². The molecule has 0 spiro atoms. The zero-order chi connectivity index (χ0) is 12.4. The number of allylic oxidation sites excluding steroid dienone is 3. The molecule has 1 unspecified atom stereocenters. The van der Waals surface area contributed by atoms with E-state index in [0.717, 1.165) is 12.8 Å². The summed E-state index contributed by atoms with van der Waals surface area (Å²) in [5.74, 6) is 1.90. The Bertz CT molecular complexity index is 284. The molecule has 0 N–H and O–H groups in total. The molecule has 0 saturated heterocycles. The smallest absolute Gasteiger partial charge is 0.250 e. The van der Waals surface area contributed by atoms with Gasteiger partial charge in [-0.05, 0) is 43.0 Å². The van der Waals surface area contributed by atoms with Gasteiger partial charge in [-0.2, -0.15) is 0 Å². The number of rotatable bonds is 4. The molecular formula is C14H26OSi. The minimum absolute atomic E-state index is 0.296. The molecule has 92 valence electrons. The molecule has 1 aliphatic carbocycles. The van der Waals surface area contributed by atoms with Crippen molar-refractivity contribution in [2.45, 2.75) is 58.2 Å². The summed E-state index contributed by atoms with van der Waals surface area (Å²) in [4.78, 5) is 0. The summed E-state index contributed by atoms with van der Waals surface area (Å²) in [6.45, 7) is 15.3. The van der Waals surface area contributed by atoms with Crippen LogP contribution in [0, 0.1) is 5.92 Å². The van der Waals surface area contributed by atoms with Crippen LogP contribution in [0.4, 0.5) is 0 Å². The standard InChI is InChI=1S/C14H26OSi/c1-7-8-12-9-10-13(11-12)15-16(5,6)14(2,3)4/h7,11-12H,1,8-10H2,2-6H3. The van der Waals surface area contributed by atoms with Crippen LogP contribution in [-0.2, 0) is 4.43 Å². The third-order valence-electron chi connectivity index (χ3n) is 3.84. The van der Waals surface area contributed by atoms with E-state index in [1.54, 1.807) is 0 Å². The van der Waals surface area contributed by atoms with Crippen molar-refractivity contribution in [3.8, 4) is 0 Å². The molecule has 0 aromatic carbocycles. The Morgan fingerprint density at radius 3 is 2.62 bits per heavy atom. The van der Waals surface area contributed by atoms with Crippen LogP contribution in [0.5, 0.6) is 0 Å². The second-order valence-corrected chi connectivity index (χ2v) is 11.0. The largest absolute Gasteiger partial charge is 0.547 e. The maximum Gasteiger partial charge on any atom is 0.250 e. The van der Waals surface area contributed by atoms with E-state index in [1.165, 1.54) is 12.2 Å². The van der Waals surface area contributed by atoms with Crippen molar-refractivity contribution in [2.24, 2.45) is 5.92 Å². The predicted molar refractivity (Wildman–Crippen MR) is 73.9 cm³/mol. The highest BCUT2D eigenvalue weighted by Gasteiger charge is 2.39. The molecule has 2 heteroatoms. The molecule has 16 heavy (non-hydrogen) atoms. The second kappa shape index (κ2) is 4.78. The fourth-order valence-electron chi connectivity index (χ4n) is 1.72. The third-order valence-corrected chi connectivity index (χ3v) is 8.23. The van der Waals surface area contributed by atoms with E-state index in [0.29, 0.717) is 11.0 Å². The van der Waals surface area contributed by atoms with Crippen molar-refractivity contribution in [1.82, 2.24) is 0 Å². The molecule has 1 nitrogen and oxygen atoms in total. The van der Waals surface area contributed by atoms with Gasteiger partial charge in [0.25, 0.3) is 0 Å². The minimum Gasteiger partial charge on any atom is -0.547 e. The molecule has 0 saturated carbocycles. The zero-order valence-corrected chi connectivity index (χ0v) is 12.5. The fourth-order valence-corrected chi connectivity index (χ4v) is 2.85. The van der Waals surface area contributed by atoms with Crippen LogP contribution < -0.4 is 0 Å². The first-order chi connectivity index (χ1) is 7.26. The van der Waals surface area contributed by atoms with Gasteiger partial charge in [0.15, 0.2) is 0 Å². The van der Waals surface area contributed by atoms with Crippen molar-refractivity contribution >= 4 is 8.32 Å². The Labute approximate surface area is 102 Å². The molecule has 0 aliphatic heterocycles. The van der Waals surface area contributed by atoms with Gasteiger partial charge in [-0.15, -0.1) is 6.58 Å². The molecule has 1 aliphatic rings. The Morgan fingerprint density at radius 2 is 2.12 bits per heavy atom. The van der Waals surface area contributed by atoms with Crippen molar-refractivity contribution in [3.05, 3.63) is 24.5 Å². The van der Waals surface area contributed by atoms with Crippen molar-refractivity contribution in [3.63, 3.8) is 0 Å². The average molecular weight is 238 g/mol. The Morgan fingerprint density at radius 1 is 1.50 bits per heavy atom. The maximum atomic E-state index is 6.31. The summed E-state index contributed by atoms with van der Waals surface area (Å²) in [6.07, 6.45) is 7.77. The van der Waals surface area contributed by atoms with Crippen LogP contribution >= 0.6 is 0 Å². The highest BCUT2D eigenvalue weighted by atomic mass is 28.4. The molecular weight excluding hydrogens is 212 g/mol. The van der Waals surface area contributed by atoms with Gasteiger partial charge in [0.1, 0.15) is 0 Å². The molecule has 0 aromatic rings. The summed E-state index contributed by atoms with van der Waals surface area (Å²) in [5, 5.41) is 0.296. The van der Waals surface area contributed by atoms with Gasteiger partial charge >= 0.3 is 0 Å². The number of hydrogen-bond donors (Lipinski definition) is 0. The van der Waals surface area contributed by atoms with Gasteiger partial charge < -0.3 is 4.43 Å². The van der Waals surface area contributed by atoms with Gasteiger partial charge in [0, 0.05) is 6.42 Å². The SMILES string of the molecule is C=CCC1C=C(O[Si](C)(C)C(C)(C)C)CC1. The lowest BCUT2D eigenvalue weighted by Crippen LogP contribution is -2.40. The van der Waals surface area contributed by atoms with E-state index < -0.39 is 8.32 Å². The molecule has 0 fully saturated rings. The Kier molecular flexibility index (Phi) is 4.05. The van der Waals surface area contributed by atoms with Crippen LogP contribution in [0.3, 0.4) is 0 Å². The number of hydrogen-bond acceptors (Lipinski definition) is 1. The summed E-state index contributed by atoms with van der Waals surface area (Å²) >= 11 is 0. The van der Waals surface area contributed by atoms with E-state index in [-0.39, 0.29) is 0 Å². The third kappa shape index (κ3) is 3.24. The summed E-state index contributed by atoms with van der Waals surface area (Å²) in [6, 6.07) is 0. The molecule has 0 bridgehead atoms. The van der Waals surface area contributed by atoms with Crippen molar-refractivity contribution in [1.29, 1.82) is 0 Å². The van der Waals surface area contributed by atoms with Crippen LogP contribution in [0.1, 0.15) is 40.0 Å². The minimum atomic E-state index is -1.62. The predicted octanol–water partition coefficient (Wildman–Crippen LogP) is 4.88. The Hall–Kier alpha value is -0.503. The lowest BCUT2D eigenvalue weighted by atomic mass is 10.1. The van der Waals surface area contributed by atoms with Gasteiger partial charge in [0.2, 0.25) is 8.32 Å². The first-order valence-electron chi connectivity index (χ1n) is 6.27. The van der Waals surface area contributed by atoms with E-state index in [9.17, 15) is 0 Å². The summed E-state index contributed by atoms with van der Waals surface area (Å²) in [7, 11) is -1.62. The lowest BCUT2D eigenvalue weighted by molar-refractivity contribution is 0.373. The van der Waals surface area contributed by atoms with Gasteiger partial charge in [0.05, 0.1) is 5.76 Å². The molecule has 1 rings (SSSR count). The molecule has 0 radical (unpaired) electrons. The maximum absolute atomic E-state index is 6.31. The quantitative estimate of drug-likeness (QED) is 0.501. The van der Waals surface area contributed by atoms with Gasteiger partial charge in [-0.25, -0.2) is 0 Å². The monoisotopic (exact) mass is 238 g/mol. The van der Waals surface area contributed by atoms with E-state index in [1.807, 2.05) is 6.08 Å². The first-order valence-corrected chi connectivity index (χ1v) is 9.18. The highest BCUT2D eigenvalue weighted by molar-refractivity contribution is 6.74. The van der Waals surface area contributed by atoms with E-state index in [2.05, 4.69) is 46.5 Å². The van der Waals surface area contributed by atoms with Crippen LogP contribution in [0.25, 0.3) is 0 Å². The van der Waals surface area contributed by atoms with Gasteiger partial charge in [-0.3, -0.25) is 0 Å².